The van der Waals surface area contributed by atoms with Gasteiger partial charge in [0.15, 0.2) is 0 Å². The van der Waals surface area contributed by atoms with Crippen LogP contribution < -0.4 is 11.5 Å². The summed E-state index contributed by atoms with van der Waals surface area (Å²) in [4.78, 5) is 11.4. The smallest absolute Gasteiger partial charge is 0.311 e. The largest absolute Gasteiger partial charge is 0.461 e. The van der Waals surface area contributed by atoms with Crippen LogP contribution in [0.3, 0.4) is 0 Å². The van der Waals surface area contributed by atoms with Gasteiger partial charge in [0.1, 0.15) is 6.61 Å². The Morgan fingerprint density at radius 1 is 1.33 bits per heavy atom. The second kappa shape index (κ2) is 5.48. The van der Waals surface area contributed by atoms with Crippen molar-refractivity contribution in [3.8, 4) is 0 Å². The Morgan fingerprint density at radius 2 is 1.93 bits per heavy atom. The van der Waals surface area contributed by atoms with Crippen LogP contribution in [0.5, 0.6) is 0 Å². The van der Waals surface area contributed by atoms with Crippen LogP contribution in [0.25, 0.3) is 0 Å². The molecule has 1 aromatic rings. The van der Waals surface area contributed by atoms with Crippen molar-refractivity contribution in [2.45, 2.75) is 19.7 Å². The van der Waals surface area contributed by atoms with Crippen molar-refractivity contribution < 1.29 is 9.53 Å². The number of benzene rings is 1. The van der Waals surface area contributed by atoms with Gasteiger partial charge in [0.2, 0.25) is 0 Å². The molecule has 0 radical (unpaired) electrons. The van der Waals surface area contributed by atoms with Gasteiger partial charge < -0.3 is 16.2 Å². The summed E-state index contributed by atoms with van der Waals surface area (Å²) in [6.07, 6.45) is -0.673. The fraction of sp³-hybridized carbons (Fsp3) is 0.364. The Kier molecular flexibility index (Phi) is 4.27. The van der Waals surface area contributed by atoms with Crippen molar-refractivity contribution in [1.82, 2.24) is 0 Å². The maximum absolute atomic E-state index is 11.4. The van der Waals surface area contributed by atoms with Crippen LogP contribution in [0, 0.1) is 5.92 Å². The number of ether oxygens (including phenoxy) is 1. The van der Waals surface area contributed by atoms with Gasteiger partial charge in [-0.3, -0.25) is 4.79 Å². The first-order valence-electron chi connectivity index (χ1n) is 4.83. The summed E-state index contributed by atoms with van der Waals surface area (Å²) in [6.45, 7) is 1.91. The van der Waals surface area contributed by atoms with Crippen molar-refractivity contribution in [2.24, 2.45) is 17.4 Å². The molecule has 0 saturated carbocycles. The van der Waals surface area contributed by atoms with E-state index in [2.05, 4.69) is 0 Å². The highest BCUT2D eigenvalue weighted by molar-refractivity contribution is 5.72. The van der Waals surface area contributed by atoms with Crippen LogP contribution in [-0.2, 0) is 16.1 Å². The molecule has 0 aliphatic rings. The van der Waals surface area contributed by atoms with Gasteiger partial charge in [-0.05, 0) is 12.5 Å². The molecule has 15 heavy (non-hydrogen) atoms. The molecule has 1 unspecified atom stereocenters. The number of carbonyl (C=O) groups is 1. The highest BCUT2D eigenvalue weighted by Crippen LogP contribution is 2.05. The average molecular weight is 208 g/mol. The fourth-order valence-corrected chi connectivity index (χ4v) is 1.02. The lowest BCUT2D eigenvalue weighted by Crippen LogP contribution is -2.41. The zero-order valence-corrected chi connectivity index (χ0v) is 8.72. The molecule has 1 atom stereocenters. The topological polar surface area (TPSA) is 78.3 Å². The lowest BCUT2D eigenvalue weighted by Gasteiger charge is -2.14. The minimum atomic E-state index is -0.673. The van der Waals surface area contributed by atoms with E-state index in [1.165, 1.54) is 0 Å². The Bertz CT molecular complexity index is 312. The molecule has 1 aromatic carbocycles. The molecular weight excluding hydrogens is 192 g/mol. The number of hydrogen-bond acceptors (Lipinski definition) is 4. The maximum Gasteiger partial charge on any atom is 0.311 e. The Hall–Kier alpha value is -1.39. The molecule has 0 saturated heterocycles. The highest BCUT2D eigenvalue weighted by atomic mass is 16.5. The molecule has 4 nitrogen and oxygen atoms in total. The highest BCUT2D eigenvalue weighted by Gasteiger charge is 2.18. The van der Waals surface area contributed by atoms with Gasteiger partial charge in [0.25, 0.3) is 0 Å². The van der Waals surface area contributed by atoms with E-state index in [1.807, 2.05) is 30.3 Å². The lowest BCUT2D eigenvalue weighted by atomic mass is 10.1. The molecule has 0 aromatic heterocycles. The summed E-state index contributed by atoms with van der Waals surface area (Å²) in [5, 5.41) is 0. The predicted molar refractivity (Wildman–Crippen MR) is 57.6 cm³/mol. The first-order chi connectivity index (χ1) is 7.11. The summed E-state index contributed by atoms with van der Waals surface area (Å²) in [6, 6.07) is 9.47. The molecule has 0 bridgehead atoms. The molecule has 4 N–H and O–H groups in total. The van der Waals surface area contributed by atoms with E-state index < -0.39 is 12.1 Å². The first kappa shape index (κ1) is 11.7. The van der Waals surface area contributed by atoms with E-state index >= 15 is 0 Å². The van der Waals surface area contributed by atoms with Gasteiger partial charge in [-0.2, -0.15) is 0 Å². The van der Waals surface area contributed by atoms with Crippen molar-refractivity contribution in [1.29, 1.82) is 0 Å². The number of esters is 1. The van der Waals surface area contributed by atoms with Crippen LogP contribution >= 0.6 is 0 Å². The van der Waals surface area contributed by atoms with Crippen LogP contribution in [0.4, 0.5) is 0 Å². The van der Waals surface area contributed by atoms with E-state index in [0.717, 1.165) is 5.56 Å². The molecule has 0 heterocycles. The molecule has 0 aliphatic heterocycles. The fourth-order valence-electron chi connectivity index (χ4n) is 1.02. The van der Waals surface area contributed by atoms with Gasteiger partial charge in [0, 0.05) is 0 Å². The van der Waals surface area contributed by atoms with Gasteiger partial charge >= 0.3 is 5.97 Å². The van der Waals surface area contributed by atoms with Crippen LogP contribution in [0.2, 0.25) is 0 Å². The Labute approximate surface area is 89.2 Å². The molecule has 82 valence electrons. The summed E-state index contributed by atoms with van der Waals surface area (Å²) in [5.41, 5.74) is 11.7. The van der Waals surface area contributed by atoms with Crippen molar-refractivity contribution in [2.75, 3.05) is 0 Å². The number of rotatable bonds is 4. The molecule has 0 amide bonds. The molecule has 0 fully saturated rings. The molecule has 4 heteroatoms. The third-order valence-electron chi connectivity index (χ3n) is 2.17. The Balaban J connectivity index is 2.41. The molecule has 0 aliphatic carbocycles. The average Bonchev–Trinajstić information content (AvgIpc) is 2.26. The summed E-state index contributed by atoms with van der Waals surface area (Å²) < 4.78 is 5.05. The molecular formula is C11H16N2O2. The van der Waals surface area contributed by atoms with E-state index in [1.54, 1.807) is 6.92 Å². The summed E-state index contributed by atoms with van der Waals surface area (Å²) in [5.74, 6) is -0.845. The van der Waals surface area contributed by atoms with E-state index in [-0.39, 0.29) is 12.6 Å². The predicted octanol–water partition coefficient (Wildman–Crippen LogP) is 0.609. The SMILES string of the molecule is CC(C(=O)OCc1ccccc1)C(N)N. The number of carbonyl (C=O) groups excluding carboxylic acids is 1. The third-order valence-corrected chi connectivity index (χ3v) is 2.17. The minimum Gasteiger partial charge on any atom is -0.461 e. The molecule has 0 spiro atoms. The zero-order chi connectivity index (χ0) is 11.3. The van der Waals surface area contributed by atoms with Crippen molar-refractivity contribution in [3.05, 3.63) is 35.9 Å². The quantitative estimate of drug-likeness (QED) is 0.561. The maximum atomic E-state index is 11.4. The second-order valence-corrected chi connectivity index (χ2v) is 3.46. The van der Waals surface area contributed by atoms with E-state index in [0.29, 0.717) is 0 Å². The minimum absolute atomic E-state index is 0.261. The van der Waals surface area contributed by atoms with Crippen LogP contribution in [-0.4, -0.2) is 12.1 Å². The lowest BCUT2D eigenvalue weighted by molar-refractivity contribution is -0.149. The Morgan fingerprint density at radius 3 is 2.47 bits per heavy atom. The molecule has 1 rings (SSSR count). The monoisotopic (exact) mass is 208 g/mol. The number of nitrogens with two attached hydrogens (primary N) is 2. The standard InChI is InChI=1S/C11H16N2O2/c1-8(10(12)13)11(14)15-7-9-5-3-2-4-6-9/h2-6,8,10H,7,12-13H2,1H3. The second-order valence-electron chi connectivity index (χ2n) is 3.46. The number of hydrogen-bond donors (Lipinski definition) is 2. The zero-order valence-electron chi connectivity index (χ0n) is 8.72. The summed E-state index contributed by atoms with van der Waals surface area (Å²) >= 11 is 0. The summed E-state index contributed by atoms with van der Waals surface area (Å²) in [7, 11) is 0. The van der Waals surface area contributed by atoms with Crippen LogP contribution in [0.1, 0.15) is 12.5 Å². The third kappa shape index (κ3) is 3.69. The first-order valence-corrected chi connectivity index (χ1v) is 4.83. The normalized spacial score (nSPS) is 12.5. The van der Waals surface area contributed by atoms with Gasteiger partial charge in [0.05, 0.1) is 12.1 Å². The van der Waals surface area contributed by atoms with Crippen molar-refractivity contribution >= 4 is 5.97 Å². The van der Waals surface area contributed by atoms with Crippen LogP contribution in [0.15, 0.2) is 30.3 Å². The van der Waals surface area contributed by atoms with Crippen molar-refractivity contribution in [3.63, 3.8) is 0 Å². The van der Waals surface area contributed by atoms with Gasteiger partial charge in [-0.15, -0.1) is 0 Å². The van der Waals surface area contributed by atoms with E-state index in [4.69, 9.17) is 16.2 Å². The van der Waals surface area contributed by atoms with E-state index in [9.17, 15) is 4.79 Å². The van der Waals surface area contributed by atoms with Gasteiger partial charge in [-0.25, -0.2) is 0 Å². The van der Waals surface area contributed by atoms with Gasteiger partial charge in [-0.1, -0.05) is 30.3 Å².